The van der Waals surface area contributed by atoms with Crippen molar-refractivity contribution in [2.75, 3.05) is 23.8 Å². The molecule has 3 fully saturated rings. The molecule has 3 heterocycles. The first-order valence-corrected chi connectivity index (χ1v) is 13.1. The molecule has 2 bridgehead atoms. The summed E-state index contributed by atoms with van der Waals surface area (Å²) in [6.45, 7) is 4.83. The molecule has 12 heteroatoms. The molecule has 2 atom stereocenters. The zero-order valence-electron chi connectivity index (χ0n) is 21.4. The van der Waals surface area contributed by atoms with E-state index in [2.05, 4.69) is 25.6 Å². The highest BCUT2D eigenvalue weighted by Gasteiger charge is 2.46. The van der Waals surface area contributed by atoms with Crippen LogP contribution in [-0.4, -0.2) is 70.6 Å². The number of amides is 1. The van der Waals surface area contributed by atoms with Crippen LogP contribution in [-0.2, 0) is 9.47 Å². The van der Waals surface area contributed by atoms with Gasteiger partial charge in [-0.2, -0.15) is 0 Å². The SMILES string of the molecule is Cc1c(Nc2ccc(N/C=N\C=N)cc2Cl)ncnc1OC1CC2COCC(C1)N2C(=O)OC1(C)CCC1. The maximum Gasteiger partial charge on any atom is 0.410 e. The summed E-state index contributed by atoms with van der Waals surface area (Å²) in [6.07, 6.45) is 7.65. The van der Waals surface area contributed by atoms with Crippen LogP contribution in [0.1, 0.15) is 44.6 Å². The number of hydrogen-bond acceptors (Lipinski definition) is 8. The summed E-state index contributed by atoms with van der Waals surface area (Å²) in [5.41, 5.74) is 1.83. The van der Waals surface area contributed by atoms with Crippen molar-refractivity contribution in [3.8, 4) is 5.88 Å². The number of ether oxygens (including phenoxy) is 3. The lowest BCUT2D eigenvalue weighted by Crippen LogP contribution is -2.62. The lowest BCUT2D eigenvalue weighted by atomic mass is 9.82. The number of benzene rings is 1. The third-order valence-electron chi connectivity index (χ3n) is 7.35. The number of piperidine rings is 1. The molecule has 11 nitrogen and oxygen atoms in total. The largest absolute Gasteiger partial charge is 0.474 e. The van der Waals surface area contributed by atoms with Gasteiger partial charge in [-0.05, 0) is 51.3 Å². The van der Waals surface area contributed by atoms with Crippen LogP contribution in [0.3, 0.4) is 0 Å². The van der Waals surface area contributed by atoms with Gasteiger partial charge < -0.3 is 24.8 Å². The van der Waals surface area contributed by atoms with Crippen molar-refractivity contribution in [1.29, 1.82) is 5.41 Å². The van der Waals surface area contributed by atoms with E-state index in [4.69, 9.17) is 31.2 Å². The summed E-state index contributed by atoms with van der Waals surface area (Å²) in [5, 5.41) is 13.6. The van der Waals surface area contributed by atoms with Crippen molar-refractivity contribution in [3.05, 3.63) is 35.1 Å². The van der Waals surface area contributed by atoms with Crippen LogP contribution in [0.2, 0.25) is 5.02 Å². The molecule has 2 unspecified atom stereocenters. The van der Waals surface area contributed by atoms with Crippen molar-refractivity contribution in [2.24, 2.45) is 4.99 Å². The minimum absolute atomic E-state index is 0.0987. The Balaban J connectivity index is 1.24. The highest BCUT2D eigenvalue weighted by atomic mass is 35.5. The van der Waals surface area contributed by atoms with E-state index < -0.39 is 0 Å². The van der Waals surface area contributed by atoms with Gasteiger partial charge in [-0.3, -0.25) is 10.3 Å². The number of morpholine rings is 1. The molecular formula is C26H32ClN7O4. The van der Waals surface area contributed by atoms with Crippen LogP contribution in [0.15, 0.2) is 29.5 Å². The number of nitrogens with zero attached hydrogens (tertiary/aromatic N) is 4. The van der Waals surface area contributed by atoms with Crippen molar-refractivity contribution in [2.45, 2.75) is 69.7 Å². The molecule has 38 heavy (non-hydrogen) atoms. The van der Waals surface area contributed by atoms with E-state index in [1.807, 2.05) is 30.9 Å². The summed E-state index contributed by atoms with van der Waals surface area (Å²) in [5.74, 6) is 1.07. The van der Waals surface area contributed by atoms with Gasteiger partial charge in [0.2, 0.25) is 5.88 Å². The maximum atomic E-state index is 13.0. The molecule has 3 aliphatic rings. The molecule has 0 radical (unpaired) electrons. The Morgan fingerprint density at radius 3 is 2.71 bits per heavy atom. The topological polar surface area (TPSA) is 134 Å². The van der Waals surface area contributed by atoms with Crippen molar-refractivity contribution in [3.63, 3.8) is 0 Å². The molecule has 0 spiro atoms. The third kappa shape index (κ3) is 5.68. The summed E-state index contributed by atoms with van der Waals surface area (Å²) < 4.78 is 18.0. The summed E-state index contributed by atoms with van der Waals surface area (Å²) in [4.78, 5) is 27.3. The van der Waals surface area contributed by atoms with Crippen LogP contribution >= 0.6 is 11.6 Å². The highest BCUT2D eigenvalue weighted by molar-refractivity contribution is 6.33. The summed E-state index contributed by atoms with van der Waals surface area (Å²) >= 11 is 6.47. The minimum atomic E-state index is -0.337. The number of aliphatic imine (C=N–C) groups is 1. The number of halogens is 1. The number of rotatable bonds is 8. The number of carbonyl (C=O) groups is 1. The Labute approximate surface area is 226 Å². The number of fused-ring (bicyclic) bond motifs is 2. The molecular weight excluding hydrogens is 510 g/mol. The molecule has 2 aliphatic heterocycles. The van der Waals surface area contributed by atoms with Gasteiger partial charge in [-0.15, -0.1) is 0 Å². The average molecular weight is 542 g/mol. The van der Waals surface area contributed by atoms with E-state index in [0.29, 0.717) is 48.5 Å². The fraction of sp³-hybridized carbons (Fsp3) is 0.500. The van der Waals surface area contributed by atoms with E-state index >= 15 is 0 Å². The Kier molecular flexibility index (Phi) is 7.66. The normalized spacial score (nSPS) is 23.9. The van der Waals surface area contributed by atoms with Crippen molar-refractivity contribution in [1.82, 2.24) is 14.9 Å². The number of aromatic nitrogens is 2. The van der Waals surface area contributed by atoms with Gasteiger partial charge in [0, 0.05) is 18.5 Å². The first kappa shape index (κ1) is 26.2. The standard InChI is InChI=1S/C26H32ClN7O4/c1-16-23(33-22-5-4-17(8-21(22)27)30-14-29-13-28)31-15-32-24(16)37-20-9-18-11-36-12-19(10-20)34(18)25(35)38-26(2)6-3-7-26/h4-5,8,13-15,18-20H,3,6-7,9-12H2,1-2H3,(H2,28,29,30)(H,31,32,33). The molecule has 1 amide bonds. The van der Waals surface area contributed by atoms with Crippen LogP contribution in [0.25, 0.3) is 0 Å². The van der Waals surface area contributed by atoms with Crippen molar-refractivity contribution < 1.29 is 19.0 Å². The molecule has 1 saturated carbocycles. The predicted octanol–water partition coefficient (Wildman–Crippen LogP) is 4.92. The number of carbonyl (C=O) groups excluding carboxylic acids is 1. The molecule has 1 aliphatic carbocycles. The molecule has 1 aromatic carbocycles. The lowest BCUT2D eigenvalue weighted by Gasteiger charge is -2.49. The Bertz CT molecular complexity index is 1210. The number of anilines is 3. The van der Waals surface area contributed by atoms with Gasteiger partial charge >= 0.3 is 6.09 Å². The molecule has 3 N–H and O–H groups in total. The first-order valence-electron chi connectivity index (χ1n) is 12.8. The van der Waals surface area contributed by atoms with Crippen LogP contribution in [0.5, 0.6) is 5.88 Å². The van der Waals surface area contributed by atoms with Gasteiger partial charge in [0.25, 0.3) is 0 Å². The second-order valence-electron chi connectivity index (χ2n) is 10.2. The zero-order valence-corrected chi connectivity index (χ0v) is 22.2. The fourth-order valence-corrected chi connectivity index (χ4v) is 5.35. The summed E-state index contributed by atoms with van der Waals surface area (Å²) in [6, 6.07) is 5.21. The molecule has 202 valence electrons. The van der Waals surface area contributed by atoms with Gasteiger partial charge in [0.1, 0.15) is 30.2 Å². The van der Waals surface area contributed by atoms with E-state index in [-0.39, 0.29) is 29.9 Å². The van der Waals surface area contributed by atoms with Crippen LogP contribution in [0, 0.1) is 12.3 Å². The van der Waals surface area contributed by atoms with E-state index in [9.17, 15) is 4.79 Å². The summed E-state index contributed by atoms with van der Waals surface area (Å²) in [7, 11) is 0. The van der Waals surface area contributed by atoms with Gasteiger partial charge in [0.05, 0.1) is 47.9 Å². The highest BCUT2D eigenvalue weighted by Crippen LogP contribution is 2.38. The number of nitrogens with one attached hydrogen (secondary N) is 3. The maximum absolute atomic E-state index is 13.0. The zero-order chi connectivity index (χ0) is 26.7. The third-order valence-corrected chi connectivity index (χ3v) is 7.66. The molecule has 1 aromatic heterocycles. The molecule has 2 aromatic rings. The lowest BCUT2D eigenvalue weighted by molar-refractivity contribution is -0.114. The van der Waals surface area contributed by atoms with E-state index in [0.717, 1.165) is 36.9 Å². The second kappa shape index (κ2) is 11.1. The quantitative estimate of drug-likeness (QED) is 0.317. The minimum Gasteiger partial charge on any atom is -0.474 e. The average Bonchev–Trinajstić information content (AvgIpc) is 2.86. The van der Waals surface area contributed by atoms with Gasteiger partial charge in [-0.1, -0.05) is 11.6 Å². The Morgan fingerprint density at radius 1 is 1.29 bits per heavy atom. The van der Waals surface area contributed by atoms with Crippen LogP contribution in [0.4, 0.5) is 22.0 Å². The smallest absolute Gasteiger partial charge is 0.410 e. The van der Waals surface area contributed by atoms with E-state index in [1.54, 1.807) is 6.07 Å². The van der Waals surface area contributed by atoms with Gasteiger partial charge in [0.15, 0.2) is 0 Å². The Morgan fingerprint density at radius 2 is 2.05 bits per heavy atom. The molecule has 5 rings (SSSR count). The second-order valence-corrected chi connectivity index (χ2v) is 10.6. The molecule has 2 saturated heterocycles. The van der Waals surface area contributed by atoms with Crippen LogP contribution < -0.4 is 15.4 Å². The van der Waals surface area contributed by atoms with Crippen molar-refractivity contribution >= 4 is 47.6 Å². The number of hydrogen-bond donors (Lipinski definition) is 3. The van der Waals surface area contributed by atoms with Gasteiger partial charge in [-0.25, -0.2) is 19.8 Å². The fourth-order valence-electron chi connectivity index (χ4n) is 5.12. The Hall–Kier alpha value is -3.44. The van der Waals surface area contributed by atoms with E-state index in [1.165, 1.54) is 12.7 Å². The first-order chi connectivity index (χ1) is 18.3. The monoisotopic (exact) mass is 541 g/mol. The predicted molar refractivity (Wildman–Crippen MR) is 145 cm³/mol.